The molecule has 0 unspecified atom stereocenters. The van der Waals surface area contributed by atoms with Gasteiger partial charge < -0.3 is 5.11 Å². The third kappa shape index (κ3) is 4.99. The zero-order chi connectivity index (χ0) is 23.3. The van der Waals surface area contributed by atoms with Crippen LogP contribution in [-0.4, -0.2) is 17.2 Å². The molecule has 0 atom stereocenters. The fourth-order valence-corrected chi connectivity index (χ4v) is 3.67. The minimum absolute atomic E-state index is 0.357. The molecule has 33 heavy (non-hydrogen) atoms. The van der Waals surface area contributed by atoms with Crippen molar-refractivity contribution in [2.45, 2.75) is 5.60 Å². The number of hydrazone groups is 1. The maximum atomic E-state index is 14.1. The molecule has 0 fully saturated rings. The van der Waals surface area contributed by atoms with E-state index in [1.54, 1.807) is 79.0 Å². The number of hydrogen-bond donors (Lipinski definition) is 1. The number of amides is 1. The number of benzene rings is 4. The van der Waals surface area contributed by atoms with Gasteiger partial charge in [0.05, 0.1) is 11.9 Å². The van der Waals surface area contributed by atoms with Gasteiger partial charge in [-0.15, -0.1) is 0 Å². The Morgan fingerprint density at radius 1 is 0.727 bits per heavy atom. The van der Waals surface area contributed by atoms with E-state index in [4.69, 9.17) is 23.2 Å². The van der Waals surface area contributed by atoms with E-state index in [0.29, 0.717) is 26.9 Å². The smallest absolute Gasteiger partial charge is 0.288 e. The van der Waals surface area contributed by atoms with Gasteiger partial charge in [-0.3, -0.25) is 4.79 Å². The van der Waals surface area contributed by atoms with Crippen LogP contribution in [0.1, 0.15) is 16.7 Å². The van der Waals surface area contributed by atoms with E-state index in [1.165, 1.54) is 5.01 Å². The number of para-hydroxylation sites is 1. The Balaban J connectivity index is 1.86. The molecule has 4 aromatic carbocycles. The molecule has 1 amide bonds. The predicted octanol–water partition coefficient (Wildman–Crippen LogP) is 6.30. The van der Waals surface area contributed by atoms with Crippen LogP contribution in [0.25, 0.3) is 0 Å². The van der Waals surface area contributed by atoms with Crippen LogP contribution in [0.2, 0.25) is 10.0 Å². The largest absolute Gasteiger partial charge is 0.372 e. The van der Waals surface area contributed by atoms with Gasteiger partial charge in [-0.2, -0.15) is 10.1 Å². The zero-order valence-electron chi connectivity index (χ0n) is 17.5. The van der Waals surface area contributed by atoms with Crippen LogP contribution in [0.3, 0.4) is 0 Å². The third-order valence-electron chi connectivity index (χ3n) is 5.15. The molecule has 4 nitrogen and oxygen atoms in total. The third-order valence-corrected chi connectivity index (χ3v) is 5.65. The van der Waals surface area contributed by atoms with E-state index in [0.717, 1.165) is 5.56 Å². The summed E-state index contributed by atoms with van der Waals surface area (Å²) in [7, 11) is 0. The normalized spacial score (nSPS) is 11.5. The van der Waals surface area contributed by atoms with Crippen molar-refractivity contribution in [3.8, 4) is 0 Å². The lowest BCUT2D eigenvalue weighted by Gasteiger charge is -2.32. The molecular formula is C27H20Cl2N2O2. The first-order valence-corrected chi connectivity index (χ1v) is 11.0. The standard InChI is InChI=1S/C27H20Cl2N2O2/c28-23-15-11-21(12-16-23)27(33,22-13-17-24(29)18-14-22)26(32)31(25-9-5-2-6-10-25)30-19-20-7-3-1-4-8-20/h1-19,33H/b30-19+. The van der Waals surface area contributed by atoms with Crippen molar-refractivity contribution in [1.82, 2.24) is 0 Å². The van der Waals surface area contributed by atoms with E-state index >= 15 is 0 Å². The summed E-state index contributed by atoms with van der Waals surface area (Å²) in [5.41, 5.74) is -0.00658. The first-order chi connectivity index (χ1) is 16.0. The molecule has 0 saturated carbocycles. The summed E-state index contributed by atoms with van der Waals surface area (Å²) in [5.74, 6) is -0.648. The Kier molecular flexibility index (Phi) is 6.90. The summed E-state index contributed by atoms with van der Waals surface area (Å²) < 4.78 is 0. The molecule has 0 bridgehead atoms. The summed E-state index contributed by atoms with van der Waals surface area (Å²) in [6.45, 7) is 0. The molecule has 0 aliphatic rings. The summed E-state index contributed by atoms with van der Waals surface area (Å²) in [6, 6.07) is 31.4. The highest BCUT2D eigenvalue weighted by Gasteiger charge is 2.43. The van der Waals surface area contributed by atoms with E-state index in [-0.39, 0.29) is 0 Å². The minimum Gasteiger partial charge on any atom is -0.372 e. The first-order valence-electron chi connectivity index (χ1n) is 10.2. The van der Waals surface area contributed by atoms with Crippen LogP contribution in [0.15, 0.2) is 114 Å². The van der Waals surface area contributed by atoms with Gasteiger partial charge in [0.25, 0.3) is 5.91 Å². The molecule has 0 aliphatic carbocycles. The quantitative estimate of drug-likeness (QED) is 0.263. The molecule has 0 radical (unpaired) electrons. The van der Waals surface area contributed by atoms with Crippen LogP contribution in [-0.2, 0) is 10.4 Å². The average Bonchev–Trinajstić information content (AvgIpc) is 2.86. The second kappa shape index (κ2) is 10.0. The van der Waals surface area contributed by atoms with Crippen LogP contribution < -0.4 is 5.01 Å². The van der Waals surface area contributed by atoms with Crippen molar-refractivity contribution in [3.05, 3.63) is 136 Å². The number of carbonyl (C=O) groups is 1. The molecule has 4 rings (SSSR count). The van der Waals surface area contributed by atoms with Gasteiger partial charge in [0.1, 0.15) is 0 Å². The topological polar surface area (TPSA) is 52.9 Å². The first kappa shape index (κ1) is 22.7. The van der Waals surface area contributed by atoms with E-state index in [1.807, 2.05) is 36.4 Å². The summed E-state index contributed by atoms with van der Waals surface area (Å²) in [4.78, 5) is 14.1. The van der Waals surface area contributed by atoms with Gasteiger partial charge in [0, 0.05) is 10.0 Å². The Hall–Kier alpha value is -3.44. The van der Waals surface area contributed by atoms with Crippen molar-refractivity contribution in [2.75, 3.05) is 5.01 Å². The number of anilines is 1. The van der Waals surface area contributed by atoms with Gasteiger partial charge >= 0.3 is 0 Å². The van der Waals surface area contributed by atoms with Gasteiger partial charge in [-0.05, 0) is 53.1 Å². The SMILES string of the molecule is O=C(N(/N=C/c1ccccc1)c1ccccc1)C(O)(c1ccc(Cl)cc1)c1ccc(Cl)cc1. The fraction of sp³-hybridized carbons (Fsp3) is 0.0370. The predicted molar refractivity (Wildman–Crippen MR) is 134 cm³/mol. The molecule has 0 spiro atoms. The molecule has 4 aromatic rings. The monoisotopic (exact) mass is 474 g/mol. The highest BCUT2D eigenvalue weighted by Crippen LogP contribution is 2.35. The zero-order valence-corrected chi connectivity index (χ0v) is 19.0. The summed E-state index contributed by atoms with van der Waals surface area (Å²) in [5, 5.41) is 18.6. The van der Waals surface area contributed by atoms with Crippen LogP contribution in [0.5, 0.6) is 0 Å². The number of carbonyl (C=O) groups excluding carboxylic acids is 1. The minimum atomic E-state index is -2.04. The number of rotatable bonds is 6. The highest BCUT2D eigenvalue weighted by atomic mass is 35.5. The van der Waals surface area contributed by atoms with Gasteiger partial charge in [0.15, 0.2) is 5.60 Å². The molecule has 0 saturated heterocycles. The van der Waals surface area contributed by atoms with Crippen molar-refractivity contribution < 1.29 is 9.90 Å². The number of halogens is 2. The Morgan fingerprint density at radius 3 is 1.67 bits per heavy atom. The fourth-order valence-electron chi connectivity index (χ4n) is 3.42. The van der Waals surface area contributed by atoms with Crippen LogP contribution in [0.4, 0.5) is 5.69 Å². The Bertz CT molecular complexity index is 1200. The van der Waals surface area contributed by atoms with Gasteiger partial charge in [0.2, 0.25) is 0 Å². The van der Waals surface area contributed by atoms with Crippen LogP contribution in [0, 0.1) is 0 Å². The molecule has 164 valence electrons. The summed E-state index contributed by atoms with van der Waals surface area (Å²) >= 11 is 12.1. The second-order valence-electron chi connectivity index (χ2n) is 7.33. The van der Waals surface area contributed by atoms with Gasteiger partial charge in [-0.25, -0.2) is 0 Å². The summed E-state index contributed by atoms with van der Waals surface area (Å²) in [6.07, 6.45) is 1.58. The van der Waals surface area contributed by atoms with Gasteiger partial charge in [-0.1, -0.05) is 96.0 Å². The molecule has 0 aliphatic heterocycles. The van der Waals surface area contributed by atoms with E-state index in [2.05, 4.69) is 5.10 Å². The lowest BCUT2D eigenvalue weighted by atomic mass is 9.85. The molecule has 1 N–H and O–H groups in total. The molecule has 0 aromatic heterocycles. The second-order valence-corrected chi connectivity index (χ2v) is 8.20. The Morgan fingerprint density at radius 2 is 1.18 bits per heavy atom. The number of aliphatic hydroxyl groups is 1. The van der Waals surface area contributed by atoms with E-state index < -0.39 is 11.5 Å². The maximum absolute atomic E-state index is 14.1. The number of hydrogen-bond acceptors (Lipinski definition) is 3. The molecule has 0 heterocycles. The molecule has 6 heteroatoms. The molecular weight excluding hydrogens is 455 g/mol. The van der Waals surface area contributed by atoms with Crippen molar-refractivity contribution >= 4 is 41.0 Å². The highest BCUT2D eigenvalue weighted by molar-refractivity contribution is 6.30. The van der Waals surface area contributed by atoms with Crippen molar-refractivity contribution in [3.63, 3.8) is 0 Å². The van der Waals surface area contributed by atoms with Crippen molar-refractivity contribution in [2.24, 2.45) is 5.10 Å². The van der Waals surface area contributed by atoms with Crippen LogP contribution >= 0.6 is 23.2 Å². The maximum Gasteiger partial charge on any atom is 0.288 e. The lowest BCUT2D eigenvalue weighted by molar-refractivity contribution is -0.133. The number of nitrogens with zero attached hydrogens (tertiary/aromatic N) is 2. The lowest BCUT2D eigenvalue weighted by Crippen LogP contribution is -2.46. The van der Waals surface area contributed by atoms with E-state index in [9.17, 15) is 9.90 Å². The van der Waals surface area contributed by atoms with Crippen molar-refractivity contribution in [1.29, 1.82) is 0 Å². The Labute approximate surface area is 202 Å². The average molecular weight is 475 g/mol.